The molecule has 0 bridgehead atoms. The molecule has 0 spiro atoms. The van der Waals surface area contributed by atoms with E-state index < -0.39 is 18.1 Å². The third-order valence-electron chi connectivity index (χ3n) is 6.31. The molecule has 208 valence electrons. The van der Waals surface area contributed by atoms with Crippen molar-refractivity contribution in [2.24, 2.45) is 7.05 Å². The van der Waals surface area contributed by atoms with Gasteiger partial charge in [-0.2, -0.15) is 5.10 Å². The Morgan fingerprint density at radius 2 is 1.75 bits per heavy atom. The van der Waals surface area contributed by atoms with Crippen LogP contribution in [0, 0.1) is 0 Å². The fraction of sp³-hybridized carbons (Fsp3) is 0.259. The van der Waals surface area contributed by atoms with Crippen LogP contribution in [0.4, 0.5) is 13.2 Å². The van der Waals surface area contributed by atoms with Gasteiger partial charge in [0, 0.05) is 13.6 Å². The van der Waals surface area contributed by atoms with Crippen LogP contribution in [0.3, 0.4) is 0 Å². The third-order valence-corrected chi connectivity index (χ3v) is 6.31. The first-order valence-corrected chi connectivity index (χ1v) is 12.1. The van der Waals surface area contributed by atoms with Crippen LogP contribution in [-0.2, 0) is 13.6 Å². The van der Waals surface area contributed by atoms with Gasteiger partial charge in [0.15, 0.2) is 17.1 Å². The van der Waals surface area contributed by atoms with E-state index in [1.165, 1.54) is 20.4 Å². The number of aryl methyl sites for hydroxylation is 1. The summed E-state index contributed by atoms with van der Waals surface area (Å²) in [4.78, 5) is 30.5. The van der Waals surface area contributed by atoms with Crippen LogP contribution < -0.4 is 24.5 Å². The smallest absolute Gasteiger partial charge is 0.493 e. The minimum atomic E-state index is -4.85. The minimum Gasteiger partial charge on any atom is -0.493 e. The van der Waals surface area contributed by atoms with Crippen molar-refractivity contribution >= 4 is 28.7 Å². The highest BCUT2D eigenvalue weighted by molar-refractivity contribution is 5.92. The second-order valence-electron chi connectivity index (χ2n) is 8.89. The number of alkyl halides is 3. The number of ether oxygens (including phenoxy) is 4. The maximum absolute atomic E-state index is 13.0. The number of nitrogens with zero attached hydrogens (tertiary/aromatic N) is 4. The average molecular weight is 556 g/mol. The lowest BCUT2D eigenvalue weighted by Crippen LogP contribution is -2.27. The van der Waals surface area contributed by atoms with E-state index in [4.69, 9.17) is 19.2 Å². The summed E-state index contributed by atoms with van der Waals surface area (Å²) in [5.74, 6) is -0.422. The first kappa shape index (κ1) is 26.8. The summed E-state index contributed by atoms with van der Waals surface area (Å²) < 4.78 is 60.7. The fourth-order valence-electron chi connectivity index (χ4n) is 4.48. The first-order valence-electron chi connectivity index (χ1n) is 12.1. The molecule has 0 fully saturated rings. The lowest BCUT2D eigenvalue weighted by atomic mass is 10.0. The number of allylic oxidation sites excluding steroid dienone is 1. The predicted molar refractivity (Wildman–Crippen MR) is 138 cm³/mol. The summed E-state index contributed by atoms with van der Waals surface area (Å²) in [7, 11) is 4.50. The zero-order chi connectivity index (χ0) is 28.6. The number of carbonyl (C=O) groups excluding carboxylic acids is 1. The standard InChI is InChI=1S/C27H23F3N4O6/c1-33-24-19(14-31-33)25(35)34-10-4-5-17(23(34)32-24)11-15-12-20(37-2)22(21(13-15)38-3)39-26(36)16-6-8-18(9-7-16)40-27(28,29)30/h6-9,11-14H,4-5,10H2,1-3H3/b17-11+. The molecule has 0 radical (unpaired) electrons. The van der Waals surface area contributed by atoms with Gasteiger partial charge in [-0.15, -0.1) is 13.2 Å². The Morgan fingerprint density at radius 3 is 2.38 bits per heavy atom. The number of fused-ring (bicyclic) bond motifs is 2. The minimum absolute atomic E-state index is 0.0113. The first-order chi connectivity index (χ1) is 19.1. The Bertz CT molecular complexity index is 1660. The van der Waals surface area contributed by atoms with E-state index in [2.05, 4.69) is 9.84 Å². The maximum atomic E-state index is 13.0. The molecular formula is C27H23F3N4O6. The Kier molecular flexibility index (Phi) is 6.96. The summed E-state index contributed by atoms with van der Waals surface area (Å²) in [6.45, 7) is 0.536. The largest absolute Gasteiger partial charge is 0.573 e. The highest BCUT2D eigenvalue weighted by Crippen LogP contribution is 2.40. The lowest BCUT2D eigenvalue weighted by molar-refractivity contribution is -0.274. The molecule has 0 aliphatic carbocycles. The fourth-order valence-corrected chi connectivity index (χ4v) is 4.48. The van der Waals surface area contributed by atoms with E-state index in [1.54, 1.807) is 28.4 Å². The maximum Gasteiger partial charge on any atom is 0.573 e. The Hall–Kier alpha value is -4.81. The molecule has 10 nitrogen and oxygen atoms in total. The second-order valence-corrected chi connectivity index (χ2v) is 8.89. The number of esters is 1. The van der Waals surface area contributed by atoms with Gasteiger partial charge in [-0.1, -0.05) is 0 Å². The van der Waals surface area contributed by atoms with E-state index in [-0.39, 0.29) is 28.4 Å². The second kappa shape index (κ2) is 10.4. The van der Waals surface area contributed by atoms with Crippen molar-refractivity contribution in [1.29, 1.82) is 0 Å². The van der Waals surface area contributed by atoms with Gasteiger partial charge in [-0.3, -0.25) is 14.0 Å². The molecule has 1 aliphatic rings. The predicted octanol–water partition coefficient (Wildman–Crippen LogP) is 4.60. The number of hydrogen-bond acceptors (Lipinski definition) is 8. The van der Waals surface area contributed by atoms with Crippen molar-refractivity contribution in [3.8, 4) is 23.0 Å². The summed E-state index contributed by atoms with van der Waals surface area (Å²) in [6, 6.07) is 7.59. The number of hydrogen-bond donors (Lipinski definition) is 0. The monoisotopic (exact) mass is 556 g/mol. The Balaban J connectivity index is 1.47. The number of aromatic nitrogens is 4. The van der Waals surface area contributed by atoms with Crippen molar-refractivity contribution in [2.45, 2.75) is 25.7 Å². The van der Waals surface area contributed by atoms with Crippen LogP contribution in [0.5, 0.6) is 23.0 Å². The van der Waals surface area contributed by atoms with Crippen LogP contribution >= 0.6 is 0 Å². The molecule has 40 heavy (non-hydrogen) atoms. The molecule has 0 N–H and O–H groups in total. The Labute approximate surface area is 225 Å². The number of halogens is 3. The van der Waals surface area contributed by atoms with Crippen molar-refractivity contribution in [3.63, 3.8) is 0 Å². The molecule has 13 heteroatoms. The van der Waals surface area contributed by atoms with Crippen molar-refractivity contribution in [1.82, 2.24) is 19.3 Å². The van der Waals surface area contributed by atoms with Gasteiger partial charge in [0.25, 0.3) is 5.56 Å². The molecule has 0 saturated carbocycles. The van der Waals surface area contributed by atoms with Crippen molar-refractivity contribution in [3.05, 3.63) is 69.9 Å². The molecule has 2 aromatic heterocycles. The van der Waals surface area contributed by atoms with E-state index in [9.17, 15) is 22.8 Å². The van der Waals surface area contributed by atoms with Gasteiger partial charge in [0.2, 0.25) is 5.75 Å². The van der Waals surface area contributed by atoms with Gasteiger partial charge >= 0.3 is 12.3 Å². The van der Waals surface area contributed by atoms with Gasteiger partial charge in [-0.25, -0.2) is 9.78 Å². The van der Waals surface area contributed by atoms with Gasteiger partial charge < -0.3 is 18.9 Å². The van der Waals surface area contributed by atoms with Gasteiger partial charge in [-0.05, 0) is 66.5 Å². The van der Waals surface area contributed by atoms with E-state index in [1.807, 2.05) is 6.08 Å². The summed E-state index contributed by atoms with van der Waals surface area (Å²) in [6.07, 6.45) is -0.0729. The van der Waals surface area contributed by atoms with Crippen LogP contribution in [0.25, 0.3) is 22.7 Å². The molecule has 3 heterocycles. The zero-order valence-corrected chi connectivity index (χ0v) is 21.6. The van der Waals surface area contributed by atoms with Gasteiger partial charge in [0.05, 0.1) is 26.0 Å². The SMILES string of the molecule is COc1cc(/C=C2\CCCn3c2nc2c(cnn2C)c3=O)cc(OC)c1OC(=O)c1ccc(OC(F)(F)F)cc1. The number of methoxy groups -OCH3 is 2. The van der Waals surface area contributed by atoms with Crippen LogP contribution in [-0.4, -0.2) is 45.9 Å². The van der Waals surface area contributed by atoms with Crippen LogP contribution in [0.1, 0.15) is 34.6 Å². The lowest BCUT2D eigenvalue weighted by Gasteiger charge is -2.20. The molecule has 0 saturated heterocycles. The van der Waals surface area contributed by atoms with E-state index >= 15 is 0 Å². The normalized spacial score (nSPS) is 14.2. The number of benzene rings is 2. The molecular weight excluding hydrogens is 533 g/mol. The topological polar surface area (TPSA) is 107 Å². The highest BCUT2D eigenvalue weighted by Gasteiger charge is 2.31. The van der Waals surface area contributed by atoms with Crippen LogP contribution in [0.15, 0.2) is 47.4 Å². The molecule has 0 atom stereocenters. The summed E-state index contributed by atoms with van der Waals surface area (Å²) in [5, 5.41) is 4.60. The zero-order valence-electron chi connectivity index (χ0n) is 21.6. The molecule has 0 unspecified atom stereocenters. The Morgan fingerprint density at radius 1 is 1.07 bits per heavy atom. The molecule has 2 aromatic carbocycles. The van der Waals surface area contributed by atoms with E-state index in [0.29, 0.717) is 35.4 Å². The third kappa shape index (κ3) is 5.22. The number of carbonyl (C=O) groups is 1. The van der Waals surface area contributed by atoms with Crippen molar-refractivity contribution < 1.29 is 36.9 Å². The summed E-state index contributed by atoms with van der Waals surface area (Å²) >= 11 is 0. The van der Waals surface area contributed by atoms with E-state index in [0.717, 1.165) is 36.3 Å². The van der Waals surface area contributed by atoms with Crippen LogP contribution in [0.2, 0.25) is 0 Å². The molecule has 1 aliphatic heterocycles. The molecule has 5 rings (SSSR count). The average Bonchev–Trinajstić information content (AvgIpc) is 3.29. The molecule has 0 amide bonds. The quantitative estimate of drug-likeness (QED) is 0.251. The highest BCUT2D eigenvalue weighted by atomic mass is 19.4. The molecule has 4 aromatic rings. The number of rotatable bonds is 6. The van der Waals surface area contributed by atoms with Crippen molar-refractivity contribution in [2.75, 3.05) is 14.2 Å². The summed E-state index contributed by atoms with van der Waals surface area (Å²) in [5.41, 5.74) is 1.78. The van der Waals surface area contributed by atoms with Gasteiger partial charge in [0.1, 0.15) is 17.0 Å².